The van der Waals surface area contributed by atoms with Crippen LogP contribution in [0.3, 0.4) is 0 Å². The third-order valence-electron chi connectivity index (χ3n) is 2.65. The fourth-order valence-electron chi connectivity index (χ4n) is 1.49. The number of halogens is 3. The summed E-state index contributed by atoms with van der Waals surface area (Å²) in [6.07, 6.45) is 0. The number of carbonyl (C=O) groups is 1. The maximum absolute atomic E-state index is 13.0. The Kier molecular flexibility index (Phi) is 4.81. The number of esters is 1. The van der Waals surface area contributed by atoms with Crippen molar-refractivity contribution in [3.63, 3.8) is 0 Å². The van der Waals surface area contributed by atoms with Crippen LogP contribution in [0, 0.1) is 5.82 Å². The van der Waals surface area contributed by atoms with Crippen LogP contribution in [-0.4, -0.2) is 24.2 Å². The maximum Gasteiger partial charge on any atom is 0.466 e. The van der Waals surface area contributed by atoms with E-state index < -0.39 is 32.9 Å². The van der Waals surface area contributed by atoms with Crippen LogP contribution >= 0.6 is 0 Å². The van der Waals surface area contributed by atoms with Crippen molar-refractivity contribution >= 4 is 16.1 Å². The molecule has 0 saturated carbocycles. The Morgan fingerprint density at radius 2 is 1.33 bits per heavy atom. The summed E-state index contributed by atoms with van der Waals surface area (Å²) in [5.41, 5.74) is 0. The van der Waals surface area contributed by atoms with Gasteiger partial charge < -0.3 is 9.47 Å². The third kappa shape index (κ3) is 4.03. The molecule has 0 spiro atoms. The minimum absolute atomic E-state index is 0.225. The SMILES string of the molecule is O=C(Oc1ccc(Oc2ccc(F)cc2)cc1)C(F)(F)S(=O)(=O)O. The molecule has 0 saturated heterocycles. The van der Waals surface area contributed by atoms with Crippen molar-refractivity contribution in [2.45, 2.75) is 5.25 Å². The zero-order valence-corrected chi connectivity index (χ0v) is 12.5. The maximum atomic E-state index is 13.0. The standard InChI is InChI=1S/C14H9F3O6S/c15-9-1-3-10(4-2-9)22-11-5-7-12(8-6-11)23-13(18)14(16,17)24(19,20)21/h1-8H,(H,19,20,21). The number of ether oxygens (including phenoxy) is 2. The number of benzene rings is 2. The molecule has 24 heavy (non-hydrogen) atoms. The van der Waals surface area contributed by atoms with Gasteiger partial charge in [0.05, 0.1) is 0 Å². The fourth-order valence-corrected chi connectivity index (χ4v) is 1.74. The van der Waals surface area contributed by atoms with Gasteiger partial charge in [-0.3, -0.25) is 4.55 Å². The van der Waals surface area contributed by atoms with Gasteiger partial charge in [-0.25, -0.2) is 9.18 Å². The normalized spacial score (nSPS) is 11.8. The second-order valence-corrected chi connectivity index (χ2v) is 5.87. The molecule has 2 aromatic carbocycles. The quantitative estimate of drug-likeness (QED) is 0.500. The van der Waals surface area contributed by atoms with E-state index in [4.69, 9.17) is 9.29 Å². The van der Waals surface area contributed by atoms with Gasteiger partial charge in [0.1, 0.15) is 23.1 Å². The Morgan fingerprint density at radius 1 is 0.917 bits per heavy atom. The van der Waals surface area contributed by atoms with Crippen molar-refractivity contribution in [2.24, 2.45) is 0 Å². The number of hydrogen-bond donors (Lipinski definition) is 1. The van der Waals surface area contributed by atoms with E-state index in [1.807, 2.05) is 0 Å². The highest BCUT2D eigenvalue weighted by atomic mass is 32.2. The molecule has 0 aliphatic rings. The average molecular weight is 362 g/mol. The van der Waals surface area contributed by atoms with E-state index in [1.165, 1.54) is 36.4 Å². The molecule has 0 aliphatic heterocycles. The van der Waals surface area contributed by atoms with E-state index in [1.54, 1.807) is 0 Å². The lowest BCUT2D eigenvalue weighted by Gasteiger charge is -2.12. The molecule has 2 rings (SSSR count). The Bertz CT molecular complexity index is 832. The molecule has 0 fully saturated rings. The highest BCUT2D eigenvalue weighted by Gasteiger charge is 2.54. The number of carbonyl (C=O) groups excluding carboxylic acids is 1. The monoisotopic (exact) mass is 362 g/mol. The molecule has 0 amide bonds. The van der Waals surface area contributed by atoms with Crippen LogP contribution in [0.5, 0.6) is 17.2 Å². The van der Waals surface area contributed by atoms with E-state index in [0.29, 0.717) is 5.75 Å². The molecule has 0 unspecified atom stereocenters. The van der Waals surface area contributed by atoms with E-state index >= 15 is 0 Å². The average Bonchev–Trinajstić information content (AvgIpc) is 2.50. The van der Waals surface area contributed by atoms with Crippen LogP contribution in [-0.2, 0) is 14.9 Å². The lowest BCUT2D eigenvalue weighted by Crippen LogP contribution is -2.40. The van der Waals surface area contributed by atoms with Crippen molar-refractivity contribution in [1.82, 2.24) is 0 Å². The molecule has 0 atom stereocenters. The molecular weight excluding hydrogens is 353 g/mol. The van der Waals surface area contributed by atoms with Crippen LogP contribution in [0.15, 0.2) is 48.5 Å². The van der Waals surface area contributed by atoms with Crippen LogP contribution in [0.4, 0.5) is 13.2 Å². The van der Waals surface area contributed by atoms with Gasteiger partial charge in [0.15, 0.2) is 0 Å². The summed E-state index contributed by atoms with van der Waals surface area (Å²) in [7, 11) is -5.94. The smallest absolute Gasteiger partial charge is 0.457 e. The lowest BCUT2D eigenvalue weighted by atomic mass is 10.3. The molecule has 1 N–H and O–H groups in total. The van der Waals surface area contributed by atoms with Gasteiger partial charge >= 0.3 is 21.3 Å². The predicted molar refractivity (Wildman–Crippen MR) is 75.0 cm³/mol. The van der Waals surface area contributed by atoms with Crippen LogP contribution < -0.4 is 9.47 Å². The molecule has 0 bridgehead atoms. The molecule has 128 valence electrons. The molecule has 0 heterocycles. The van der Waals surface area contributed by atoms with Crippen LogP contribution in [0.25, 0.3) is 0 Å². The largest absolute Gasteiger partial charge is 0.466 e. The molecule has 10 heteroatoms. The lowest BCUT2D eigenvalue weighted by molar-refractivity contribution is -0.151. The van der Waals surface area contributed by atoms with Gasteiger partial charge in [-0.1, -0.05) is 0 Å². The molecule has 0 radical (unpaired) electrons. The van der Waals surface area contributed by atoms with Gasteiger partial charge in [-0.15, -0.1) is 0 Å². The Balaban J connectivity index is 2.07. The summed E-state index contributed by atoms with van der Waals surface area (Å²) in [4.78, 5) is 11.1. The van der Waals surface area contributed by atoms with Crippen LogP contribution in [0.1, 0.15) is 0 Å². The zero-order valence-electron chi connectivity index (χ0n) is 11.6. The minimum atomic E-state index is -5.94. The van der Waals surface area contributed by atoms with Crippen molar-refractivity contribution in [1.29, 1.82) is 0 Å². The molecular formula is C14H9F3O6S. The first-order chi connectivity index (χ1) is 11.1. The van der Waals surface area contributed by atoms with Crippen molar-refractivity contribution in [2.75, 3.05) is 0 Å². The Morgan fingerprint density at radius 3 is 1.79 bits per heavy atom. The van der Waals surface area contributed by atoms with Crippen molar-refractivity contribution in [3.05, 3.63) is 54.3 Å². The van der Waals surface area contributed by atoms with Gasteiger partial charge in [-0.2, -0.15) is 17.2 Å². The summed E-state index contributed by atoms with van der Waals surface area (Å²) in [5, 5.41) is -5.09. The van der Waals surface area contributed by atoms with Gasteiger partial charge in [0, 0.05) is 0 Å². The number of hydrogen-bond acceptors (Lipinski definition) is 5. The van der Waals surface area contributed by atoms with Crippen molar-refractivity contribution < 1.29 is 40.4 Å². The number of rotatable bonds is 5. The van der Waals surface area contributed by atoms with E-state index in [-0.39, 0.29) is 5.75 Å². The Hall–Kier alpha value is -2.59. The molecule has 0 aliphatic carbocycles. The predicted octanol–water partition coefficient (Wildman–Crippen LogP) is 3.00. The van der Waals surface area contributed by atoms with E-state index in [2.05, 4.69) is 4.74 Å². The first-order valence-electron chi connectivity index (χ1n) is 6.20. The van der Waals surface area contributed by atoms with E-state index in [9.17, 15) is 26.4 Å². The summed E-state index contributed by atoms with van der Waals surface area (Å²) in [5.74, 6) is -2.77. The second kappa shape index (κ2) is 6.49. The summed E-state index contributed by atoms with van der Waals surface area (Å²) in [6.45, 7) is 0. The highest BCUT2D eigenvalue weighted by molar-refractivity contribution is 7.87. The van der Waals surface area contributed by atoms with Gasteiger partial charge in [0.25, 0.3) is 0 Å². The van der Waals surface area contributed by atoms with Gasteiger partial charge in [0.2, 0.25) is 0 Å². The van der Waals surface area contributed by atoms with Crippen molar-refractivity contribution in [3.8, 4) is 17.2 Å². The minimum Gasteiger partial charge on any atom is -0.457 e. The second-order valence-electron chi connectivity index (χ2n) is 4.41. The van der Waals surface area contributed by atoms with Gasteiger partial charge in [-0.05, 0) is 48.5 Å². The summed E-state index contributed by atoms with van der Waals surface area (Å²) in [6, 6.07) is 9.68. The van der Waals surface area contributed by atoms with Crippen LogP contribution in [0.2, 0.25) is 0 Å². The first-order valence-corrected chi connectivity index (χ1v) is 7.64. The fraction of sp³-hybridized carbons (Fsp3) is 0.0714. The summed E-state index contributed by atoms with van der Waals surface area (Å²) >= 11 is 0. The first kappa shape index (κ1) is 17.8. The molecule has 6 nitrogen and oxygen atoms in total. The highest BCUT2D eigenvalue weighted by Crippen LogP contribution is 2.27. The number of alkyl halides is 2. The zero-order chi connectivity index (χ0) is 18.0. The van der Waals surface area contributed by atoms with E-state index in [0.717, 1.165) is 12.1 Å². The topological polar surface area (TPSA) is 89.9 Å². The summed E-state index contributed by atoms with van der Waals surface area (Å²) < 4.78 is 77.5. The molecule has 0 aromatic heterocycles. The Labute approximate surface area is 134 Å². The third-order valence-corrected chi connectivity index (χ3v) is 3.46. The molecule has 2 aromatic rings.